The Morgan fingerprint density at radius 2 is 2.00 bits per heavy atom. The molecule has 1 aromatic rings. The molecule has 0 spiro atoms. The molecule has 1 unspecified atom stereocenters. The van der Waals surface area contributed by atoms with E-state index in [1.807, 2.05) is 0 Å². The van der Waals surface area contributed by atoms with E-state index in [1.54, 1.807) is 0 Å². The first-order valence-corrected chi connectivity index (χ1v) is 7.69. The molecular weight excluding hydrogens is 290 g/mol. The van der Waals surface area contributed by atoms with Gasteiger partial charge in [0.15, 0.2) is 9.84 Å². The van der Waals surface area contributed by atoms with Gasteiger partial charge in [-0.25, -0.2) is 17.2 Å². The first kappa shape index (κ1) is 14.9. The van der Waals surface area contributed by atoms with Crippen LogP contribution in [0.3, 0.4) is 0 Å². The van der Waals surface area contributed by atoms with Gasteiger partial charge in [-0.3, -0.25) is 4.79 Å². The minimum atomic E-state index is -3.79. The van der Waals surface area contributed by atoms with Gasteiger partial charge >= 0.3 is 5.97 Å². The molecule has 1 aliphatic carbocycles. The number of carbonyl (C=O) groups excluding carboxylic acids is 1. The van der Waals surface area contributed by atoms with E-state index in [-0.39, 0.29) is 23.3 Å². The standard InChI is InChI=1S/C13H14F2O4S/c1-19-12(16)6-7-20(17,18)11-5-3-2-4-9(11)10-8-13(10,14)15/h2-5,10H,6-8H2,1H3. The fourth-order valence-electron chi connectivity index (χ4n) is 2.03. The molecule has 4 nitrogen and oxygen atoms in total. The zero-order valence-corrected chi connectivity index (χ0v) is 11.6. The topological polar surface area (TPSA) is 60.4 Å². The number of sulfone groups is 1. The molecule has 0 N–H and O–H groups in total. The van der Waals surface area contributed by atoms with Gasteiger partial charge in [0.25, 0.3) is 5.92 Å². The Hall–Kier alpha value is -1.50. The van der Waals surface area contributed by atoms with Gasteiger partial charge in [-0.2, -0.15) is 0 Å². The van der Waals surface area contributed by atoms with Crippen molar-refractivity contribution in [2.45, 2.75) is 29.6 Å². The highest BCUT2D eigenvalue weighted by atomic mass is 32.2. The van der Waals surface area contributed by atoms with Crippen LogP contribution in [0.1, 0.15) is 24.3 Å². The lowest BCUT2D eigenvalue weighted by Crippen LogP contribution is -2.14. The van der Waals surface area contributed by atoms with Crippen LogP contribution in [0.4, 0.5) is 8.78 Å². The van der Waals surface area contributed by atoms with E-state index in [9.17, 15) is 22.0 Å². The van der Waals surface area contributed by atoms with E-state index >= 15 is 0 Å². The molecule has 7 heteroatoms. The zero-order chi connectivity index (χ0) is 15.0. The molecule has 1 fully saturated rings. The van der Waals surface area contributed by atoms with Crippen LogP contribution >= 0.6 is 0 Å². The summed E-state index contributed by atoms with van der Waals surface area (Å²) in [6.45, 7) is 0. The average Bonchev–Trinajstić information content (AvgIpc) is 3.05. The molecule has 0 radical (unpaired) electrons. The molecule has 1 atom stereocenters. The second-order valence-electron chi connectivity index (χ2n) is 4.70. The lowest BCUT2D eigenvalue weighted by atomic mass is 10.1. The second-order valence-corrected chi connectivity index (χ2v) is 6.78. The lowest BCUT2D eigenvalue weighted by molar-refractivity contribution is -0.140. The van der Waals surface area contributed by atoms with Gasteiger partial charge in [0.1, 0.15) is 0 Å². The monoisotopic (exact) mass is 304 g/mol. The van der Waals surface area contributed by atoms with E-state index in [2.05, 4.69) is 4.74 Å². The predicted molar refractivity (Wildman–Crippen MR) is 67.4 cm³/mol. The maximum atomic E-state index is 13.1. The van der Waals surface area contributed by atoms with Gasteiger partial charge in [0.2, 0.25) is 0 Å². The Labute approximate surface area is 115 Å². The van der Waals surface area contributed by atoms with E-state index in [4.69, 9.17) is 0 Å². The number of rotatable bonds is 5. The van der Waals surface area contributed by atoms with E-state index < -0.39 is 33.4 Å². The molecule has 20 heavy (non-hydrogen) atoms. The molecule has 0 aromatic heterocycles. The third-order valence-corrected chi connectivity index (χ3v) is 5.04. The highest BCUT2D eigenvalue weighted by molar-refractivity contribution is 7.91. The summed E-state index contributed by atoms with van der Waals surface area (Å²) < 4.78 is 55.0. The number of benzene rings is 1. The van der Waals surface area contributed by atoms with Crippen LogP contribution in [0.2, 0.25) is 0 Å². The molecule has 1 aliphatic rings. The summed E-state index contributed by atoms with van der Waals surface area (Å²) in [4.78, 5) is 10.9. The van der Waals surface area contributed by atoms with Crippen LogP contribution in [-0.2, 0) is 19.4 Å². The Morgan fingerprint density at radius 3 is 2.55 bits per heavy atom. The Bertz CT molecular complexity index is 625. The summed E-state index contributed by atoms with van der Waals surface area (Å²) >= 11 is 0. The molecule has 0 heterocycles. The minimum Gasteiger partial charge on any atom is -0.469 e. The number of hydrogen-bond acceptors (Lipinski definition) is 4. The molecule has 0 bridgehead atoms. The van der Waals surface area contributed by atoms with Gasteiger partial charge < -0.3 is 4.74 Å². The third-order valence-electron chi connectivity index (χ3n) is 3.26. The second kappa shape index (κ2) is 5.12. The highest BCUT2D eigenvalue weighted by Crippen LogP contribution is 2.56. The molecule has 1 aromatic carbocycles. The number of alkyl halides is 2. The number of carbonyl (C=O) groups is 1. The van der Waals surface area contributed by atoms with Crippen molar-refractivity contribution in [3.8, 4) is 0 Å². The van der Waals surface area contributed by atoms with Gasteiger partial charge in [-0.1, -0.05) is 18.2 Å². The van der Waals surface area contributed by atoms with Crippen molar-refractivity contribution in [3.63, 3.8) is 0 Å². The molecule has 2 rings (SSSR count). The van der Waals surface area contributed by atoms with Crippen molar-refractivity contribution < 1.29 is 26.7 Å². The van der Waals surface area contributed by atoms with Crippen LogP contribution in [-0.4, -0.2) is 33.2 Å². The molecular formula is C13H14F2O4S. The van der Waals surface area contributed by atoms with Crippen molar-refractivity contribution in [2.75, 3.05) is 12.9 Å². The Kier molecular flexibility index (Phi) is 3.82. The minimum absolute atomic E-state index is 0.119. The summed E-state index contributed by atoms with van der Waals surface area (Å²) in [5.41, 5.74) is 0.127. The van der Waals surface area contributed by atoms with E-state index in [0.29, 0.717) is 0 Å². The first-order valence-electron chi connectivity index (χ1n) is 6.04. The predicted octanol–water partition coefficient (Wildman–Crippen LogP) is 2.15. The number of esters is 1. The van der Waals surface area contributed by atoms with Crippen molar-refractivity contribution in [1.82, 2.24) is 0 Å². The van der Waals surface area contributed by atoms with Gasteiger partial charge in [-0.15, -0.1) is 0 Å². The van der Waals surface area contributed by atoms with Gasteiger partial charge in [0, 0.05) is 6.42 Å². The summed E-state index contributed by atoms with van der Waals surface area (Å²) in [7, 11) is -2.63. The van der Waals surface area contributed by atoms with Crippen molar-refractivity contribution >= 4 is 15.8 Å². The normalized spacial score (nSPS) is 20.4. The summed E-state index contributed by atoms with van der Waals surface area (Å²) in [6, 6.07) is 5.71. The van der Waals surface area contributed by atoms with Crippen molar-refractivity contribution in [1.29, 1.82) is 0 Å². The summed E-state index contributed by atoms with van der Waals surface area (Å²) in [6.07, 6.45) is -0.634. The van der Waals surface area contributed by atoms with Gasteiger partial charge in [0.05, 0.1) is 30.1 Å². The van der Waals surface area contributed by atoms with Crippen LogP contribution in [0.25, 0.3) is 0 Å². The van der Waals surface area contributed by atoms with E-state index in [0.717, 1.165) is 7.11 Å². The van der Waals surface area contributed by atoms with Crippen LogP contribution in [0, 0.1) is 0 Å². The third kappa shape index (κ3) is 2.98. The van der Waals surface area contributed by atoms with Crippen molar-refractivity contribution in [2.24, 2.45) is 0 Å². The SMILES string of the molecule is COC(=O)CCS(=O)(=O)c1ccccc1C1CC1(F)F. The summed E-state index contributed by atoms with van der Waals surface area (Å²) in [5, 5.41) is 0. The Balaban J connectivity index is 2.26. The Morgan fingerprint density at radius 1 is 1.40 bits per heavy atom. The molecule has 0 saturated heterocycles. The average molecular weight is 304 g/mol. The maximum Gasteiger partial charge on any atom is 0.306 e. The molecule has 0 aliphatic heterocycles. The lowest BCUT2D eigenvalue weighted by Gasteiger charge is -2.09. The molecule has 0 amide bonds. The quantitative estimate of drug-likeness (QED) is 0.782. The van der Waals surface area contributed by atoms with Crippen LogP contribution < -0.4 is 0 Å². The number of halogens is 2. The smallest absolute Gasteiger partial charge is 0.306 e. The summed E-state index contributed by atoms with van der Waals surface area (Å²) in [5.74, 6) is -4.99. The van der Waals surface area contributed by atoms with E-state index in [1.165, 1.54) is 24.3 Å². The van der Waals surface area contributed by atoms with Gasteiger partial charge in [-0.05, 0) is 11.6 Å². The maximum absolute atomic E-state index is 13.1. The number of hydrogen-bond donors (Lipinski definition) is 0. The fraction of sp³-hybridized carbons (Fsp3) is 0.462. The number of methoxy groups -OCH3 is 1. The van der Waals surface area contributed by atoms with Crippen LogP contribution in [0.15, 0.2) is 29.2 Å². The molecule has 110 valence electrons. The number of ether oxygens (including phenoxy) is 1. The van der Waals surface area contributed by atoms with Crippen LogP contribution in [0.5, 0.6) is 0 Å². The first-order chi connectivity index (χ1) is 9.28. The van der Waals surface area contributed by atoms with Crippen molar-refractivity contribution in [3.05, 3.63) is 29.8 Å². The highest BCUT2D eigenvalue weighted by Gasteiger charge is 2.58. The fourth-order valence-corrected chi connectivity index (χ4v) is 3.54. The zero-order valence-electron chi connectivity index (χ0n) is 10.8. The molecule has 1 saturated carbocycles. The largest absolute Gasteiger partial charge is 0.469 e.